The Morgan fingerprint density at radius 3 is 2.48 bits per heavy atom. The number of amidine groups is 1. The van der Waals surface area contributed by atoms with Crippen LogP contribution in [0.25, 0.3) is 0 Å². The number of benzene rings is 1. The Bertz CT molecular complexity index is 1140. The van der Waals surface area contributed by atoms with E-state index in [1.54, 1.807) is 12.1 Å². The Kier molecular flexibility index (Phi) is 8.28. The predicted molar refractivity (Wildman–Crippen MR) is 132 cm³/mol. The zero-order valence-electron chi connectivity index (χ0n) is 18.7. The summed E-state index contributed by atoms with van der Waals surface area (Å²) in [5.41, 5.74) is 8.87. The van der Waals surface area contributed by atoms with E-state index in [4.69, 9.17) is 5.73 Å². The zero-order chi connectivity index (χ0) is 23.8. The molecule has 1 aliphatic heterocycles. The van der Waals surface area contributed by atoms with Gasteiger partial charge in [0.15, 0.2) is 0 Å². The standard InChI is InChI=1S/C24H26FN7S/c1-3-18(29-16(2)30-19-9-7-17(25)8-10-19)15-33-24-21(14-27)22(20(13-26)23(28)31-24)32-11-5-4-6-12-32/h3,7-10H,4-6,11-12,15H2,1-2H3,(H2,28,31)(H,29,30)/b18-3-. The molecule has 0 amide bonds. The van der Waals surface area contributed by atoms with Crippen LogP contribution in [0, 0.1) is 28.5 Å². The molecular weight excluding hydrogens is 437 g/mol. The number of nitriles is 2. The van der Waals surface area contributed by atoms with Crippen molar-refractivity contribution < 1.29 is 4.39 Å². The highest BCUT2D eigenvalue weighted by Gasteiger charge is 2.25. The van der Waals surface area contributed by atoms with Gasteiger partial charge in [-0.25, -0.2) is 14.4 Å². The van der Waals surface area contributed by atoms with Crippen molar-refractivity contribution in [2.45, 2.75) is 38.1 Å². The zero-order valence-corrected chi connectivity index (χ0v) is 19.5. The van der Waals surface area contributed by atoms with Crippen LogP contribution < -0.4 is 16.0 Å². The number of hydrogen-bond acceptors (Lipinski definition) is 7. The van der Waals surface area contributed by atoms with E-state index >= 15 is 0 Å². The Morgan fingerprint density at radius 2 is 1.88 bits per heavy atom. The number of anilines is 3. The van der Waals surface area contributed by atoms with E-state index in [2.05, 4.69) is 32.3 Å². The molecule has 0 radical (unpaired) electrons. The molecule has 1 aromatic carbocycles. The molecule has 0 bridgehead atoms. The van der Waals surface area contributed by atoms with E-state index in [1.807, 2.05) is 19.9 Å². The van der Waals surface area contributed by atoms with Crippen LogP contribution in [0.3, 0.4) is 0 Å². The molecule has 1 saturated heterocycles. The number of allylic oxidation sites excluding steroid dienone is 1. The van der Waals surface area contributed by atoms with Crippen molar-refractivity contribution in [3.8, 4) is 12.1 Å². The lowest BCUT2D eigenvalue weighted by Gasteiger charge is -2.30. The van der Waals surface area contributed by atoms with Crippen molar-refractivity contribution >= 4 is 34.8 Å². The second kappa shape index (κ2) is 11.3. The van der Waals surface area contributed by atoms with E-state index in [1.165, 1.54) is 23.9 Å². The molecule has 33 heavy (non-hydrogen) atoms. The molecule has 2 heterocycles. The van der Waals surface area contributed by atoms with Crippen LogP contribution in [-0.4, -0.2) is 29.7 Å². The van der Waals surface area contributed by atoms with Crippen molar-refractivity contribution in [1.82, 2.24) is 4.98 Å². The number of nitrogens with two attached hydrogens (primary N) is 1. The number of nitrogen functional groups attached to an aromatic ring is 1. The second-order valence-electron chi connectivity index (χ2n) is 7.57. The lowest BCUT2D eigenvalue weighted by Crippen LogP contribution is -2.31. The van der Waals surface area contributed by atoms with Crippen LogP contribution in [0.5, 0.6) is 0 Å². The monoisotopic (exact) mass is 463 g/mol. The number of rotatable bonds is 6. The van der Waals surface area contributed by atoms with Crippen LogP contribution in [0.1, 0.15) is 44.2 Å². The molecule has 0 atom stereocenters. The molecule has 0 spiro atoms. The molecule has 2 aromatic rings. The van der Waals surface area contributed by atoms with Gasteiger partial charge in [0.2, 0.25) is 0 Å². The van der Waals surface area contributed by atoms with Gasteiger partial charge in [-0.15, -0.1) is 0 Å². The molecule has 0 saturated carbocycles. The molecule has 1 fully saturated rings. The van der Waals surface area contributed by atoms with Gasteiger partial charge in [-0.2, -0.15) is 10.5 Å². The van der Waals surface area contributed by atoms with Crippen molar-refractivity contribution in [3.63, 3.8) is 0 Å². The van der Waals surface area contributed by atoms with E-state index < -0.39 is 0 Å². The fraction of sp³-hybridized carbons (Fsp3) is 0.333. The third-order valence-corrected chi connectivity index (χ3v) is 6.24. The Balaban J connectivity index is 1.82. The largest absolute Gasteiger partial charge is 0.382 e. The highest BCUT2D eigenvalue weighted by Crippen LogP contribution is 2.36. The van der Waals surface area contributed by atoms with Gasteiger partial charge in [0.1, 0.15) is 45.8 Å². The lowest BCUT2D eigenvalue weighted by atomic mass is 10.1. The molecule has 0 unspecified atom stereocenters. The van der Waals surface area contributed by atoms with E-state index in [9.17, 15) is 14.9 Å². The summed E-state index contributed by atoms with van der Waals surface area (Å²) >= 11 is 1.36. The van der Waals surface area contributed by atoms with Gasteiger partial charge in [-0.3, -0.25) is 0 Å². The summed E-state index contributed by atoms with van der Waals surface area (Å²) in [6.07, 6.45) is 5.04. The van der Waals surface area contributed by atoms with Gasteiger partial charge in [0, 0.05) is 30.2 Å². The van der Waals surface area contributed by atoms with Crippen LogP contribution in [0.2, 0.25) is 0 Å². The average Bonchev–Trinajstić information content (AvgIpc) is 2.83. The molecule has 3 N–H and O–H groups in total. The molecule has 0 aliphatic carbocycles. The summed E-state index contributed by atoms with van der Waals surface area (Å²) in [5, 5.41) is 23.2. The van der Waals surface area contributed by atoms with E-state index in [-0.39, 0.29) is 17.2 Å². The smallest absolute Gasteiger partial charge is 0.144 e. The van der Waals surface area contributed by atoms with Gasteiger partial charge >= 0.3 is 0 Å². The maximum absolute atomic E-state index is 13.1. The highest BCUT2D eigenvalue weighted by molar-refractivity contribution is 7.99. The Morgan fingerprint density at radius 1 is 1.21 bits per heavy atom. The molecule has 3 rings (SSSR count). The first-order valence-electron chi connectivity index (χ1n) is 10.7. The van der Waals surface area contributed by atoms with E-state index in [0.29, 0.717) is 27.9 Å². The number of hydrogen-bond donors (Lipinski definition) is 2. The summed E-state index contributed by atoms with van der Waals surface area (Å²) in [6.45, 7) is 5.28. The van der Waals surface area contributed by atoms with Crippen molar-refractivity contribution in [2.24, 2.45) is 4.99 Å². The first kappa shape index (κ1) is 24.1. The number of thioether (sulfide) groups is 1. The fourth-order valence-corrected chi connectivity index (χ4v) is 4.59. The quantitative estimate of drug-likeness (QED) is 0.349. The normalized spacial score (nSPS) is 14.5. The number of nitrogens with one attached hydrogen (secondary N) is 1. The summed E-state index contributed by atoms with van der Waals surface area (Å²) < 4.78 is 13.1. The van der Waals surface area contributed by atoms with Crippen LogP contribution in [-0.2, 0) is 0 Å². The maximum Gasteiger partial charge on any atom is 0.144 e. The van der Waals surface area contributed by atoms with Gasteiger partial charge in [-0.1, -0.05) is 17.8 Å². The number of pyridine rings is 1. The Hall–Kier alpha value is -3.56. The minimum atomic E-state index is -0.299. The fourth-order valence-electron chi connectivity index (χ4n) is 3.63. The van der Waals surface area contributed by atoms with Crippen molar-refractivity contribution in [3.05, 3.63) is 53.0 Å². The van der Waals surface area contributed by atoms with Crippen molar-refractivity contribution in [2.75, 3.05) is 34.8 Å². The third kappa shape index (κ3) is 6.03. The molecule has 170 valence electrons. The summed E-state index contributed by atoms with van der Waals surface area (Å²) in [5.74, 6) is 0.953. The van der Waals surface area contributed by atoms with Gasteiger partial charge < -0.3 is 16.0 Å². The summed E-state index contributed by atoms with van der Waals surface area (Å²) in [6, 6.07) is 10.4. The van der Waals surface area contributed by atoms with Crippen LogP contribution in [0.4, 0.5) is 21.6 Å². The Labute approximate surface area is 197 Å². The first-order chi connectivity index (χ1) is 16.0. The molecule has 1 aliphatic rings. The molecule has 7 nitrogen and oxygen atoms in total. The minimum Gasteiger partial charge on any atom is -0.382 e. The second-order valence-corrected chi connectivity index (χ2v) is 8.53. The maximum atomic E-state index is 13.1. The first-order valence-corrected chi connectivity index (χ1v) is 11.7. The lowest BCUT2D eigenvalue weighted by molar-refractivity contribution is 0.576. The number of halogens is 1. The number of aliphatic imine (C=N–C) groups is 1. The molecular formula is C24H26FN7S. The third-order valence-electron chi connectivity index (χ3n) is 5.23. The van der Waals surface area contributed by atoms with Crippen molar-refractivity contribution in [1.29, 1.82) is 10.5 Å². The van der Waals surface area contributed by atoms with Crippen LogP contribution >= 0.6 is 11.8 Å². The minimum absolute atomic E-state index is 0.138. The molecule has 9 heteroatoms. The van der Waals surface area contributed by atoms with Gasteiger partial charge in [0.25, 0.3) is 0 Å². The highest BCUT2D eigenvalue weighted by atomic mass is 32.2. The molecule has 1 aromatic heterocycles. The summed E-state index contributed by atoms with van der Waals surface area (Å²) in [4.78, 5) is 11.1. The topological polar surface area (TPSA) is 114 Å². The van der Waals surface area contributed by atoms with Gasteiger partial charge in [0.05, 0.1) is 5.69 Å². The summed E-state index contributed by atoms with van der Waals surface area (Å²) in [7, 11) is 0. The van der Waals surface area contributed by atoms with Crippen LogP contribution in [0.15, 0.2) is 46.1 Å². The number of nitrogens with zero attached hydrogens (tertiary/aromatic N) is 5. The van der Waals surface area contributed by atoms with Gasteiger partial charge in [-0.05, 0) is 57.4 Å². The van der Waals surface area contributed by atoms with E-state index in [0.717, 1.165) is 43.7 Å². The number of piperidine rings is 1. The average molecular weight is 464 g/mol. The predicted octanol–water partition coefficient (Wildman–Crippen LogP) is 5.06. The number of aromatic nitrogens is 1. The SMILES string of the molecule is C/C=C(CSc1nc(N)c(C#N)c(N2CCCCC2)c1C#N)\N=C(/C)Nc1ccc(F)cc1.